The third-order valence-corrected chi connectivity index (χ3v) is 3.15. The minimum atomic E-state index is -1.27. The van der Waals surface area contributed by atoms with Crippen molar-refractivity contribution in [1.82, 2.24) is 9.78 Å². The Balaban J connectivity index is 2.41. The number of halogens is 2. The largest absolute Gasteiger partial charge is 0.370 e. The van der Waals surface area contributed by atoms with E-state index in [1.807, 2.05) is 0 Å². The minimum Gasteiger partial charge on any atom is -0.370 e. The van der Waals surface area contributed by atoms with Gasteiger partial charge in [0.25, 0.3) is 5.69 Å². The molecular formula is C13H14F2N4O2. The van der Waals surface area contributed by atoms with Crippen molar-refractivity contribution in [2.24, 2.45) is 7.05 Å². The van der Waals surface area contributed by atoms with E-state index in [9.17, 15) is 18.9 Å². The Labute approximate surface area is 119 Å². The summed E-state index contributed by atoms with van der Waals surface area (Å²) in [4.78, 5) is 10.2. The van der Waals surface area contributed by atoms with E-state index in [4.69, 9.17) is 0 Å². The molecule has 0 bridgehead atoms. The molecule has 1 aromatic heterocycles. The number of nitro groups is 1. The standard InChI is InChI=1S/C13H14F2N4O2/c1-7(9-6-18(3)17-8(9)2)16-13-11(19(20)21)5-4-10(14)12(13)15/h4-7,16H,1-3H3. The Morgan fingerprint density at radius 1 is 1.43 bits per heavy atom. The molecule has 1 unspecified atom stereocenters. The van der Waals surface area contributed by atoms with E-state index >= 15 is 0 Å². The first-order chi connectivity index (χ1) is 9.81. The molecule has 1 atom stereocenters. The van der Waals surface area contributed by atoms with E-state index in [1.54, 1.807) is 31.8 Å². The average molecular weight is 296 g/mol. The number of nitrogens with zero attached hydrogens (tertiary/aromatic N) is 3. The molecule has 0 saturated carbocycles. The first kappa shape index (κ1) is 14.9. The average Bonchev–Trinajstić information content (AvgIpc) is 2.74. The molecule has 0 amide bonds. The van der Waals surface area contributed by atoms with Gasteiger partial charge in [0.1, 0.15) is 0 Å². The molecule has 1 heterocycles. The molecule has 0 radical (unpaired) electrons. The number of aryl methyl sites for hydroxylation is 2. The Hall–Kier alpha value is -2.51. The van der Waals surface area contributed by atoms with Crippen LogP contribution in [-0.4, -0.2) is 14.7 Å². The van der Waals surface area contributed by atoms with Crippen molar-refractivity contribution in [1.29, 1.82) is 0 Å². The molecule has 2 rings (SSSR count). The SMILES string of the molecule is Cc1nn(C)cc1C(C)Nc1c([N+](=O)[O-])ccc(F)c1F. The summed E-state index contributed by atoms with van der Waals surface area (Å²) < 4.78 is 28.7. The summed E-state index contributed by atoms with van der Waals surface area (Å²) in [5.41, 5.74) is 0.477. The Kier molecular flexibility index (Phi) is 3.88. The lowest BCUT2D eigenvalue weighted by molar-refractivity contribution is -0.384. The molecule has 0 aliphatic heterocycles. The molecule has 1 aromatic carbocycles. The van der Waals surface area contributed by atoms with Gasteiger partial charge in [-0.1, -0.05) is 0 Å². The van der Waals surface area contributed by atoms with Gasteiger partial charge in [-0.05, 0) is 19.9 Å². The van der Waals surface area contributed by atoms with Crippen molar-refractivity contribution in [2.75, 3.05) is 5.32 Å². The zero-order valence-electron chi connectivity index (χ0n) is 11.7. The second-order valence-electron chi connectivity index (χ2n) is 4.72. The van der Waals surface area contributed by atoms with Crippen molar-refractivity contribution in [3.8, 4) is 0 Å². The second kappa shape index (κ2) is 5.47. The van der Waals surface area contributed by atoms with Crippen LogP contribution in [0, 0.1) is 28.7 Å². The highest BCUT2D eigenvalue weighted by Crippen LogP contribution is 2.32. The fourth-order valence-corrected chi connectivity index (χ4v) is 2.17. The summed E-state index contributed by atoms with van der Waals surface area (Å²) in [6, 6.07) is 1.20. The predicted octanol–water partition coefficient (Wildman–Crippen LogP) is 3.09. The number of benzene rings is 1. The molecule has 21 heavy (non-hydrogen) atoms. The molecule has 6 nitrogen and oxygen atoms in total. The van der Waals surface area contributed by atoms with Crippen LogP contribution in [0.25, 0.3) is 0 Å². The maximum atomic E-state index is 13.8. The zero-order chi connectivity index (χ0) is 15.7. The van der Waals surface area contributed by atoms with E-state index in [1.165, 1.54) is 0 Å². The molecule has 0 aliphatic rings. The van der Waals surface area contributed by atoms with Gasteiger partial charge in [-0.15, -0.1) is 0 Å². The Bertz CT molecular complexity index is 700. The molecule has 1 N–H and O–H groups in total. The minimum absolute atomic E-state index is 0.462. The van der Waals surface area contributed by atoms with E-state index in [0.29, 0.717) is 5.69 Å². The van der Waals surface area contributed by atoms with Crippen molar-refractivity contribution in [3.05, 3.63) is 51.3 Å². The lowest BCUT2D eigenvalue weighted by atomic mass is 10.1. The molecule has 2 aromatic rings. The lowest BCUT2D eigenvalue weighted by Gasteiger charge is -2.15. The normalized spacial score (nSPS) is 12.2. The molecule has 8 heteroatoms. The van der Waals surface area contributed by atoms with Crippen LogP contribution >= 0.6 is 0 Å². The maximum absolute atomic E-state index is 13.8. The summed E-state index contributed by atoms with van der Waals surface area (Å²) in [7, 11) is 1.73. The van der Waals surface area contributed by atoms with Gasteiger partial charge in [-0.3, -0.25) is 14.8 Å². The summed E-state index contributed by atoms with van der Waals surface area (Å²) in [5, 5.41) is 17.7. The van der Waals surface area contributed by atoms with Gasteiger partial charge in [0, 0.05) is 24.9 Å². The van der Waals surface area contributed by atoms with Crippen LogP contribution in [0.3, 0.4) is 0 Å². The van der Waals surface area contributed by atoms with Crippen LogP contribution in [-0.2, 0) is 7.05 Å². The number of rotatable bonds is 4. The van der Waals surface area contributed by atoms with Gasteiger partial charge in [-0.2, -0.15) is 5.10 Å². The third kappa shape index (κ3) is 2.83. The van der Waals surface area contributed by atoms with Gasteiger partial charge in [-0.25, -0.2) is 8.78 Å². The fourth-order valence-electron chi connectivity index (χ4n) is 2.17. The Morgan fingerprint density at radius 2 is 2.10 bits per heavy atom. The van der Waals surface area contributed by atoms with Crippen molar-refractivity contribution >= 4 is 11.4 Å². The van der Waals surface area contributed by atoms with Gasteiger partial charge in [0.05, 0.1) is 16.7 Å². The van der Waals surface area contributed by atoms with Gasteiger partial charge < -0.3 is 5.32 Å². The Morgan fingerprint density at radius 3 is 2.62 bits per heavy atom. The van der Waals surface area contributed by atoms with E-state index in [2.05, 4.69) is 10.4 Å². The van der Waals surface area contributed by atoms with Crippen molar-refractivity contribution in [2.45, 2.75) is 19.9 Å². The first-order valence-corrected chi connectivity index (χ1v) is 6.20. The molecule has 0 spiro atoms. The van der Waals surface area contributed by atoms with Gasteiger partial charge in [0.15, 0.2) is 17.3 Å². The van der Waals surface area contributed by atoms with Crippen LogP contribution in [0.2, 0.25) is 0 Å². The van der Waals surface area contributed by atoms with Crippen molar-refractivity contribution in [3.63, 3.8) is 0 Å². The number of aromatic nitrogens is 2. The molecule has 112 valence electrons. The van der Waals surface area contributed by atoms with E-state index < -0.39 is 34.0 Å². The predicted molar refractivity (Wildman–Crippen MR) is 73.0 cm³/mol. The third-order valence-electron chi connectivity index (χ3n) is 3.15. The summed E-state index contributed by atoms with van der Waals surface area (Å²) in [6.45, 7) is 3.46. The van der Waals surface area contributed by atoms with Gasteiger partial charge in [0.2, 0.25) is 0 Å². The van der Waals surface area contributed by atoms with E-state index in [0.717, 1.165) is 17.7 Å². The van der Waals surface area contributed by atoms with Crippen LogP contribution in [0.4, 0.5) is 20.2 Å². The second-order valence-corrected chi connectivity index (χ2v) is 4.72. The molecular weight excluding hydrogens is 282 g/mol. The fraction of sp³-hybridized carbons (Fsp3) is 0.308. The number of nitrogens with one attached hydrogen (secondary N) is 1. The number of anilines is 1. The quantitative estimate of drug-likeness (QED) is 0.695. The maximum Gasteiger partial charge on any atom is 0.295 e. The van der Waals surface area contributed by atoms with E-state index in [-0.39, 0.29) is 0 Å². The lowest BCUT2D eigenvalue weighted by Crippen LogP contribution is -2.11. The van der Waals surface area contributed by atoms with Crippen LogP contribution in [0.1, 0.15) is 24.2 Å². The van der Waals surface area contributed by atoms with Crippen molar-refractivity contribution < 1.29 is 13.7 Å². The number of hydrogen-bond donors (Lipinski definition) is 1. The zero-order valence-corrected chi connectivity index (χ0v) is 11.7. The summed E-state index contributed by atoms with van der Waals surface area (Å²) in [5.74, 6) is -2.41. The molecule has 0 saturated heterocycles. The number of hydrogen-bond acceptors (Lipinski definition) is 4. The number of nitro benzene ring substituents is 1. The van der Waals surface area contributed by atoms with Crippen LogP contribution in [0.5, 0.6) is 0 Å². The smallest absolute Gasteiger partial charge is 0.295 e. The monoisotopic (exact) mass is 296 g/mol. The highest BCUT2D eigenvalue weighted by molar-refractivity contribution is 5.63. The summed E-state index contributed by atoms with van der Waals surface area (Å²) in [6.07, 6.45) is 1.72. The highest BCUT2D eigenvalue weighted by Gasteiger charge is 2.24. The molecule has 0 aliphatic carbocycles. The highest BCUT2D eigenvalue weighted by atomic mass is 19.2. The van der Waals surface area contributed by atoms with Gasteiger partial charge >= 0.3 is 0 Å². The van der Waals surface area contributed by atoms with Crippen LogP contribution < -0.4 is 5.32 Å². The topological polar surface area (TPSA) is 73.0 Å². The molecule has 0 fully saturated rings. The van der Waals surface area contributed by atoms with Crippen LogP contribution in [0.15, 0.2) is 18.3 Å². The summed E-state index contributed by atoms with van der Waals surface area (Å²) >= 11 is 0. The first-order valence-electron chi connectivity index (χ1n) is 6.20.